The highest BCUT2D eigenvalue weighted by Crippen LogP contribution is 2.20. The molecule has 26 heavy (non-hydrogen) atoms. The quantitative estimate of drug-likeness (QED) is 0.415. The lowest BCUT2D eigenvalue weighted by Crippen LogP contribution is -2.19. The molecule has 1 N–H and O–H groups in total. The van der Waals surface area contributed by atoms with E-state index in [1.807, 2.05) is 0 Å². The number of nitrogens with one attached hydrogen (secondary N) is 1. The molecule has 130 valence electrons. The molecule has 0 radical (unpaired) electrons. The van der Waals surface area contributed by atoms with Gasteiger partial charge in [0.15, 0.2) is 5.82 Å². The van der Waals surface area contributed by atoms with Crippen LogP contribution in [0.1, 0.15) is 11.3 Å². The van der Waals surface area contributed by atoms with Crippen LogP contribution in [-0.2, 0) is 11.3 Å². The highest BCUT2D eigenvalue weighted by atomic mass is 16.6. The first kappa shape index (κ1) is 17.0. The van der Waals surface area contributed by atoms with E-state index >= 15 is 0 Å². The van der Waals surface area contributed by atoms with Crippen molar-refractivity contribution in [2.75, 3.05) is 0 Å². The average molecular weight is 350 g/mol. The molecule has 0 saturated carbocycles. The Morgan fingerprint density at radius 3 is 2.73 bits per heavy atom. The van der Waals surface area contributed by atoms with Crippen LogP contribution in [0.2, 0.25) is 0 Å². The molecule has 1 aromatic carbocycles. The van der Waals surface area contributed by atoms with Gasteiger partial charge in [-0.1, -0.05) is 12.1 Å². The van der Waals surface area contributed by atoms with Crippen LogP contribution >= 0.6 is 0 Å². The molecule has 0 bridgehead atoms. The van der Waals surface area contributed by atoms with E-state index in [0.29, 0.717) is 29.3 Å². The number of furan rings is 1. The van der Waals surface area contributed by atoms with Gasteiger partial charge in [0.2, 0.25) is 5.91 Å². The van der Waals surface area contributed by atoms with Crippen molar-refractivity contribution in [2.24, 2.45) is 0 Å². The van der Waals surface area contributed by atoms with Gasteiger partial charge in [-0.2, -0.15) is 0 Å². The SMILES string of the molecule is O=C(C=Cc1cnc(-c2cccc([N+](=O)[O-])c2)nc1)NCc1ccco1. The molecule has 0 unspecified atom stereocenters. The van der Waals surface area contributed by atoms with Crippen molar-refractivity contribution in [1.29, 1.82) is 0 Å². The van der Waals surface area contributed by atoms with Gasteiger partial charge in [0, 0.05) is 41.7 Å². The predicted molar refractivity (Wildman–Crippen MR) is 93.7 cm³/mol. The second-order valence-electron chi connectivity index (χ2n) is 5.28. The largest absolute Gasteiger partial charge is 0.467 e. The summed E-state index contributed by atoms with van der Waals surface area (Å²) in [5, 5.41) is 13.5. The summed E-state index contributed by atoms with van der Waals surface area (Å²) in [4.78, 5) is 30.5. The minimum absolute atomic E-state index is 0.0247. The number of nitro benzene ring substituents is 1. The van der Waals surface area contributed by atoms with E-state index in [1.54, 1.807) is 30.3 Å². The average Bonchev–Trinajstić information content (AvgIpc) is 3.19. The number of nitro groups is 1. The molecule has 0 aliphatic rings. The van der Waals surface area contributed by atoms with Crippen LogP contribution in [0.3, 0.4) is 0 Å². The van der Waals surface area contributed by atoms with Crippen molar-refractivity contribution < 1.29 is 14.1 Å². The van der Waals surface area contributed by atoms with Gasteiger partial charge < -0.3 is 9.73 Å². The Bertz CT molecular complexity index is 934. The second kappa shape index (κ2) is 7.84. The summed E-state index contributed by atoms with van der Waals surface area (Å²) in [6, 6.07) is 9.60. The first-order valence-electron chi connectivity index (χ1n) is 7.67. The number of carbonyl (C=O) groups excluding carboxylic acids is 1. The molecular weight excluding hydrogens is 336 g/mol. The summed E-state index contributed by atoms with van der Waals surface area (Å²) in [6.07, 6.45) is 7.57. The molecule has 0 spiro atoms. The first-order chi connectivity index (χ1) is 12.6. The van der Waals surface area contributed by atoms with Gasteiger partial charge in [0.25, 0.3) is 5.69 Å². The Morgan fingerprint density at radius 2 is 2.04 bits per heavy atom. The zero-order valence-corrected chi connectivity index (χ0v) is 13.5. The Kier molecular flexibility index (Phi) is 5.14. The number of carbonyl (C=O) groups is 1. The van der Waals surface area contributed by atoms with Gasteiger partial charge >= 0.3 is 0 Å². The number of amides is 1. The van der Waals surface area contributed by atoms with Crippen LogP contribution in [0.25, 0.3) is 17.5 Å². The van der Waals surface area contributed by atoms with Crippen LogP contribution in [0.15, 0.2) is 65.5 Å². The lowest BCUT2D eigenvalue weighted by molar-refractivity contribution is -0.384. The molecule has 3 aromatic rings. The van der Waals surface area contributed by atoms with Crippen molar-refractivity contribution >= 4 is 17.7 Å². The van der Waals surface area contributed by atoms with E-state index in [-0.39, 0.29) is 11.6 Å². The second-order valence-corrected chi connectivity index (χ2v) is 5.28. The van der Waals surface area contributed by atoms with Crippen molar-refractivity contribution in [3.63, 3.8) is 0 Å². The maximum Gasteiger partial charge on any atom is 0.270 e. The van der Waals surface area contributed by atoms with E-state index < -0.39 is 4.92 Å². The summed E-state index contributed by atoms with van der Waals surface area (Å²) in [6.45, 7) is 0.304. The van der Waals surface area contributed by atoms with E-state index in [4.69, 9.17) is 4.42 Å². The van der Waals surface area contributed by atoms with Gasteiger partial charge in [0.05, 0.1) is 17.7 Å². The van der Waals surface area contributed by atoms with E-state index in [0.717, 1.165) is 0 Å². The maximum absolute atomic E-state index is 11.8. The van der Waals surface area contributed by atoms with E-state index in [9.17, 15) is 14.9 Å². The van der Waals surface area contributed by atoms with Gasteiger partial charge in [-0.25, -0.2) is 9.97 Å². The van der Waals surface area contributed by atoms with Gasteiger partial charge in [-0.15, -0.1) is 0 Å². The number of rotatable bonds is 6. The molecule has 8 nitrogen and oxygen atoms in total. The van der Waals surface area contributed by atoms with Gasteiger partial charge in [0.1, 0.15) is 5.76 Å². The molecule has 2 heterocycles. The molecule has 2 aromatic heterocycles. The van der Waals surface area contributed by atoms with Crippen molar-refractivity contribution in [2.45, 2.75) is 6.54 Å². The zero-order chi connectivity index (χ0) is 18.4. The third kappa shape index (κ3) is 4.38. The Labute approximate surface area is 148 Å². The molecule has 0 aliphatic heterocycles. The predicted octanol–water partition coefficient (Wildman–Crippen LogP) is 2.97. The number of aromatic nitrogens is 2. The highest BCUT2D eigenvalue weighted by Gasteiger charge is 2.08. The lowest BCUT2D eigenvalue weighted by Gasteiger charge is -2.01. The molecule has 0 saturated heterocycles. The van der Waals surface area contributed by atoms with Gasteiger partial charge in [-0.05, 0) is 18.2 Å². The normalized spacial score (nSPS) is 10.8. The number of non-ortho nitro benzene ring substituents is 1. The topological polar surface area (TPSA) is 111 Å². The van der Waals surface area contributed by atoms with E-state index in [1.165, 1.54) is 36.9 Å². The zero-order valence-electron chi connectivity index (χ0n) is 13.5. The number of benzene rings is 1. The molecule has 0 fully saturated rings. The van der Waals surface area contributed by atoms with Crippen molar-refractivity contribution in [3.05, 3.63) is 82.6 Å². The minimum Gasteiger partial charge on any atom is -0.467 e. The fourth-order valence-electron chi connectivity index (χ4n) is 2.15. The fourth-order valence-corrected chi connectivity index (χ4v) is 2.15. The fraction of sp³-hybridized carbons (Fsp3) is 0.0556. The van der Waals surface area contributed by atoms with Crippen LogP contribution < -0.4 is 5.32 Å². The van der Waals surface area contributed by atoms with Crippen LogP contribution in [0.4, 0.5) is 5.69 Å². The third-order valence-electron chi connectivity index (χ3n) is 3.43. The summed E-state index contributed by atoms with van der Waals surface area (Å²) in [5.41, 5.74) is 1.15. The van der Waals surface area contributed by atoms with E-state index in [2.05, 4.69) is 15.3 Å². The Balaban J connectivity index is 1.63. The Hall–Kier alpha value is -3.81. The minimum atomic E-state index is -0.470. The molecule has 1 amide bonds. The molecule has 0 aliphatic carbocycles. The summed E-state index contributed by atoms with van der Waals surface area (Å²) in [7, 11) is 0. The molecule has 0 atom stereocenters. The Morgan fingerprint density at radius 1 is 1.23 bits per heavy atom. The third-order valence-corrected chi connectivity index (χ3v) is 3.43. The maximum atomic E-state index is 11.8. The van der Waals surface area contributed by atoms with Crippen LogP contribution in [0.5, 0.6) is 0 Å². The number of hydrogen-bond acceptors (Lipinski definition) is 6. The van der Waals surface area contributed by atoms with Gasteiger partial charge in [-0.3, -0.25) is 14.9 Å². The molecular formula is C18H14N4O4. The molecule has 3 rings (SSSR count). The smallest absolute Gasteiger partial charge is 0.270 e. The number of hydrogen-bond donors (Lipinski definition) is 1. The molecule has 8 heteroatoms. The first-order valence-corrected chi connectivity index (χ1v) is 7.67. The summed E-state index contributed by atoms with van der Waals surface area (Å²) >= 11 is 0. The summed E-state index contributed by atoms with van der Waals surface area (Å²) < 4.78 is 5.12. The standard InChI is InChI=1S/C18H14N4O4/c23-17(19-12-16-5-2-8-26-16)7-6-13-10-20-18(21-11-13)14-3-1-4-15(9-14)22(24)25/h1-11H,12H2,(H,19,23). The monoisotopic (exact) mass is 350 g/mol. The lowest BCUT2D eigenvalue weighted by atomic mass is 10.2. The van der Waals surface area contributed by atoms with Crippen molar-refractivity contribution in [1.82, 2.24) is 15.3 Å². The van der Waals surface area contributed by atoms with Crippen LogP contribution in [0, 0.1) is 10.1 Å². The van der Waals surface area contributed by atoms with Crippen molar-refractivity contribution in [3.8, 4) is 11.4 Å². The summed E-state index contributed by atoms with van der Waals surface area (Å²) in [5.74, 6) is 0.758. The van der Waals surface area contributed by atoms with Crippen LogP contribution in [-0.4, -0.2) is 20.8 Å². The highest BCUT2D eigenvalue weighted by molar-refractivity contribution is 5.91. The number of nitrogens with zero attached hydrogens (tertiary/aromatic N) is 3.